The smallest absolute Gasteiger partial charge is 0.269 e. The highest BCUT2D eigenvalue weighted by Gasteiger charge is 2.30. The summed E-state index contributed by atoms with van der Waals surface area (Å²) >= 11 is 0. The Labute approximate surface area is 164 Å². The fourth-order valence-electron chi connectivity index (χ4n) is 4.13. The van der Waals surface area contributed by atoms with Crippen LogP contribution in [0.1, 0.15) is 55.0 Å². The van der Waals surface area contributed by atoms with E-state index in [0.29, 0.717) is 24.6 Å². The van der Waals surface area contributed by atoms with Gasteiger partial charge >= 0.3 is 0 Å². The first-order valence-electron chi connectivity index (χ1n) is 9.76. The minimum absolute atomic E-state index is 0.150. The number of primary amides is 1. The quantitative estimate of drug-likeness (QED) is 0.871. The lowest BCUT2D eigenvalue weighted by molar-refractivity contribution is -0.117. The molecule has 2 aromatic heterocycles. The topological polar surface area (TPSA) is 97.4 Å². The number of anilines is 2. The molecule has 1 fully saturated rings. The van der Waals surface area contributed by atoms with Gasteiger partial charge < -0.3 is 15.5 Å². The van der Waals surface area contributed by atoms with E-state index in [1.54, 1.807) is 11.1 Å². The standard InChI is InChI=1S/C20H26N6O2/c1-12(2)26-16-6-7-24(11-15(16)19(23-26)20(21)28)17-5-4-14(9-22-17)25-10-13(3)8-18(25)27/h4-5,9,12-13H,6-8,10-11H2,1-3H3,(H2,21,28). The molecule has 1 unspecified atom stereocenters. The molecule has 2 aliphatic rings. The summed E-state index contributed by atoms with van der Waals surface area (Å²) in [6, 6.07) is 4.06. The first-order chi connectivity index (χ1) is 13.3. The second-order valence-corrected chi connectivity index (χ2v) is 8.04. The van der Waals surface area contributed by atoms with Gasteiger partial charge in [0.2, 0.25) is 5.91 Å². The maximum absolute atomic E-state index is 12.1. The number of hydrogen-bond acceptors (Lipinski definition) is 5. The zero-order valence-corrected chi connectivity index (χ0v) is 16.6. The molecule has 4 heterocycles. The van der Waals surface area contributed by atoms with Crippen molar-refractivity contribution >= 4 is 23.3 Å². The van der Waals surface area contributed by atoms with Gasteiger partial charge in [-0.1, -0.05) is 6.92 Å². The molecule has 0 saturated carbocycles. The molecule has 2 aliphatic heterocycles. The number of pyridine rings is 1. The third kappa shape index (κ3) is 3.12. The molecule has 28 heavy (non-hydrogen) atoms. The Morgan fingerprint density at radius 3 is 2.68 bits per heavy atom. The van der Waals surface area contributed by atoms with Crippen molar-refractivity contribution < 1.29 is 9.59 Å². The van der Waals surface area contributed by atoms with Gasteiger partial charge in [-0.25, -0.2) is 4.98 Å². The van der Waals surface area contributed by atoms with Gasteiger partial charge in [-0.05, 0) is 31.9 Å². The van der Waals surface area contributed by atoms with Crippen molar-refractivity contribution in [2.45, 2.75) is 46.2 Å². The molecule has 0 bridgehead atoms. The average molecular weight is 382 g/mol. The van der Waals surface area contributed by atoms with Crippen molar-refractivity contribution in [1.82, 2.24) is 14.8 Å². The Morgan fingerprint density at radius 1 is 1.32 bits per heavy atom. The molecular formula is C20H26N6O2. The minimum Gasteiger partial charge on any atom is -0.364 e. The van der Waals surface area contributed by atoms with Gasteiger partial charge in [-0.2, -0.15) is 5.10 Å². The summed E-state index contributed by atoms with van der Waals surface area (Å²) in [5.74, 6) is 0.846. The Balaban J connectivity index is 1.58. The normalized spacial score (nSPS) is 19.4. The Hall–Kier alpha value is -2.90. The number of nitrogens with zero attached hydrogens (tertiary/aromatic N) is 5. The van der Waals surface area contributed by atoms with E-state index in [4.69, 9.17) is 5.73 Å². The fourth-order valence-corrected chi connectivity index (χ4v) is 4.13. The molecule has 2 amide bonds. The summed E-state index contributed by atoms with van der Waals surface area (Å²) in [6.45, 7) is 8.25. The average Bonchev–Trinajstić information content (AvgIpc) is 3.21. The van der Waals surface area contributed by atoms with Crippen molar-refractivity contribution in [3.8, 4) is 0 Å². The van der Waals surface area contributed by atoms with E-state index < -0.39 is 5.91 Å². The third-order valence-electron chi connectivity index (χ3n) is 5.49. The maximum atomic E-state index is 12.1. The van der Waals surface area contributed by atoms with Gasteiger partial charge in [-0.3, -0.25) is 14.3 Å². The number of fused-ring (bicyclic) bond motifs is 1. The molecular weight excluding hydrogens is 356 g/mol. The van der Waals surface area contributed by atoms with Gasteiger partial charge in [0.05, 0.1) is 11.9 Å². The van der Waals surface area contributed by atoms with Crippen LogP contribution >= 0.6 is 0 Å². The number of amides is 2. The van der Waals surface area contributed by atoms with Crippen LogP contribution in [0.25, 0.3) is 0 Å². The molecule has 0 aliphatic carbocycles. The van der Waals surface area contributed by atoms with E-state index in [0.717, 1.165) is 42.3 Å². The summed E-state index contributed by atoms with van der Waals surface area (Å²) in [4.78, 5) is 32.5. The van der Waals surface area contributed by atoms with E-state index >= 15 is 0 Å². The summed E-state index contributed by atoms with van der Waals surface area (Å²) in [7, 11) is 0. The SMILES string of the molecule is CC1CC(=O)N(c2ccc(N3CCc4c(c(C(N)=O)nn4C(C)C)C3)nc2)C1. The summed E-state index contributed by atoms with van der Waals surface area (Å²) in [5.41, 5.74) is 8.71. The van der Waals surface area contributed by atoms with Crippen molar-refractivity contribution in [2.75, 3.05) is 22.9 Å². The Bertz CT molecular complexity index is 918. The zero-order valence-electron chi connectivity index (χ0n) is 16.6. The minimum atomic E-state index is -0.498. The van der Waals surface area contributed by atoms with Crippen molar-refractivity contribution in [2.24, 2.45) is 11.7 Å². The molecule has 148 valence electrons. The fraction of sp³-hybridized carbons (Fsp3) is 0.500. The van der Waals surface area contributed by atoms with E-state index in [1.165, 1.54) is 0 Å². The van der Waals surface area contributed by atoms with Gasteiger partial charge in [-0.15, -0.1) is 0 Å². The lowest BCUT2D eigenvalue weighted by Crippen LogP contribution is -2.33. The second-order valence-electron chi connectivity index (χ2n) is 8.04. The summed E-state index contributed by atoms with van der Waals surface area (Å²) in [6.07, 6.45) is 3.12. The number of nitrogens with two attached hydrogens (primary N) is 1. The van der Waals surface area contributed by atoms with Crippen LogP contribution in [0.5, 0.6) is 0 Å². The third-order valence-corrected chi connectivity index (χ3v) is 5.49. The highest BCUT2D eigenvalue weighted by molar-refractivity contribution is 5.95. The Morgan fingerprint density at radius 2 is 2.11 bits per heavy atom. The molecule has 0 aromatic carbocycles. The Kier molecular flexibility index (Phi) is 4.56. The predicted octanol–water partition coefficient (Wildman–Crippen LogP) is 1.89. The van der Waals surface area contributed by atoms with E-state index in [9.17, 15) is 9.59 Å². The second kappa shape index (κ2) is 6.92. The number of hydrogen-bond donors (Lipinski definition) is 1. The van der Waals surface area contributed by atoms with Crippen LogP contribution < -0.4 is 15.5 Å². The van der Waals surface area contributed by atoms with Crippen molar-refractivity contribution in [1.29, 1.82) is 0 Å². The molecule has 2 N–H and O–H groups in total. The van der Waals surface area contributed by atoms with Crippen LogP contribution in [-0.2, 0) is 17.8 Å². The molecule has 4 rings (SSSR count). The van der Waals surface area contributed by atoms with Gasteiger partial charge in [0.15, 0.2) is 5.69 Å². The molecule has 8 heteroatoms. The number of aromatic nitrogens is 3. The maximum Gasteiger partial charge on any atom is 0.269 e. The van der Waals surface area contributed by atoms with Crippen LogP contribution in [0, 0.1) is 5.92 Å². The monoisotopic (exact) mass is 382 g/mol. The lowest BCUT2D eigenvalue weighted by Gasteiger charge is -2.29. The van der Waals surface area contributed by atoms with Crippen molar-refractivity contribution in [3.05, 3.63) is 35.3 Å². The summed E-state index contributed by atoms with van der Waals surface area (Å²) in [5, 5.41) is 4.45. The summed E-state index contributed by atoms with van der Waals surface area (Å²) < 4.78 is 1.91. The molecule has 0 spiro atoms. The number of carbonyl (C=O) groups is 2. The van der Waals surface area contributed by atoms with Gasteiger partial charge in [0, 0.05) is 49.8 Å². The van der Waals surface area contributed by atoms with E-state index in [-0.39, 0.29) is 11.9 Å². The van der Waals surface area contributed by atoms with Crippen LogP contribution in [-0.4, -0.2) is 39.7 Å². The molecule has 1 saturated heterocycles. The first kappa shape index (κ1) is 18.5. The molecule has 1 atom stereocenters. The highest BCUT2D eigenvalue weighted by Crippen LogP contribution is 2.29. The van der Waals surface area contributed by atoms with Crippen LogP contribution in [0.3, 0.4) is 0 Å². The predicted molar refractivity (Wildman–Crippen MR) is 106 cm³/mol. The number of carbonyl (C=O) groups excluding carboxylic acids is 2. The molecule has 8 nitrogen and oxygen atoms in total. The molecule has 2 aromatic rings. The highest BCUT2D eigenvalue weighted by atomic mass is 16.2. The van der Waals surface area contributed by atoms with Crippen LogP contribution in [0.4, 0.5) is 11.5 Å². The van der Waals surface area contributed by atoms with Crippen molar-refractivity contribution in [3.63, 3.8) is 0 Å². The van der Waals surface area contributed by atoms with E-state index in [2.05, 4.69) is 21.9 Å². The largest absolute Gasteiger partial charge is 0.364 e. The first-order valence-corrected chi connectivity index (χ1v) is 9.76. The number of rotatable bonds is 4. The lowest BCUT2D eigenvalue weighted by atomic mass is 10.0. The molecule has 0 radical (unpaired) electrons. The van der Waals surface area contributed by atoms with E-state index in [1.807, 2.05) is 30.7 Å². The zero-order chi connectivity index (χ0) is 20.0. The van der Waals surface area contributed by atoms with Crippen LogP contribution in [0.2, 0.25) is 0 Å². The van der Waals surface area contributed by atoms with Gasteiger partial charge in [0.1, 0.15) is 5.82 Å². The van der Waals surface area contributed by atoms with Gasteiger partial charge in [0.25, 0.3) is 5.91 Å². The van der Waals surface area contributed by atoms with Crippen LogP contribution in [0.15, 0.2) is 18.3 Å².